The molecule has 0 spiro atoms. The molecule has 0 saturated carbocycles. The van der Waals surface area contributed by atoms with Crippen molar-refractivity contribution < 1.29 is 4.79 Å². The lowest BCUT2D eigenvalue weighted by atomic mass is 10.1. The molecule has 0 saturated heterocycles. The number of benzene rings is 1. The Kier molecular flexibility index (Phi) is 5.41. The van der Waals surface area contributed by atoms with Crippen molar-refractivity contribution in [2.45, 2.75) is 18.5 Å². The normalized spacial score (nSPS) is 10.1. The number of nitrogens with one attached hydrogen (secondary N) is 1. The second kappa shape index (κ2) is 7.50. The zero-order valence-electron chi connectivity index (χ0n) is 11.7. The van der Waals surface area contributed by atoms with Crippen LogP contribution in [-0.2, 0) is 11.2 Å². The molecule has 1 heterocycles. The van der Waals surface area contributed by atoms with Gasteiger partial charge in [0.25, 0.3) is 0 Å². The molecule has 5 nitrogen and oxygen atoms in total. The first kappa shape index (κ1) is 15.1. The zero-order chi connectivity index (χ0) is 15.1. The van der Waals surface area contributed by atoms with Gasteiger partial charge in [-0.3, -0.25) is 9.36 Å². The summed E-state index contributed by atoms with van der Waals surface area (Å²) in [4.78, 5) is 11.6. The van der Waals surface area contributed by atoms with Crippen molar-refractivity contribution in [3.8, 4) is 18.0 Å². The Labute approximate surface area is 128 Å². The summed E-state index contributed by atoms with van der Waals surface area (Å²) in [5, 5.41) is 11.3. The van der Waals surface area contributed by atoms with Crippen LogP contribution in [0.2, 0.25) is 0 Å². The first-order valence-corrected chi connectivity index (χ1v) is 7.56. The summed E-state index contributed by atoms with van der Waals surface area (Å²) in [7, 11) is 0. The summed E-state index contributed by atoms with van der Waals surface area (Å²) < 4.78 is 1.90. The average Bonchev–Trinajstić information content (AvgIpc) is 2.99. The van der Waals surface area contributed by atoms with Gasteiger partial charge in [-0.15, -0.1) is 16.6 Å². The number of hydrogen-bond donors (Lipinski definition) is 1. The summed E-state index contributed by atoms with van der Waals surface area (Å²) in [6.07, 6.45) is 7.68. The molecule has 0 aliphatic heterocycles. The SMILES string of the molecule is C#CCNC(=O)CSc1nncn1-c1ccccc1CC. The van der Waals surface area contributed by atoms with E-state index in [0.717, 1.165) is 12.1 Å². The minimum absolute atomic E-state index is 0.115. The Morgan fingerprint density at radius 2 is 2.29 bits per heavy atom. The number of carbonyl (C=O) groups excluding carboxylic acids is 1. The molecule has 0 atom stereocenters. The van der Waals surface area contributed by atoms with Gasteiger partial charge in [-0.25, -0.2) is 0 Å². The fraction of sp³-hybridized carbons (Fsp3) is 0.267. The monoisotopic (exact) mass is 300 g/mol. The summed E-state index contributed by atoms with van der Waals surface area (Å²) in [5.41, 5.74) is 2.24. The van der Waals surface area contributed by atoms with Gasteiger partial charge in [0, 0.05) is 0 Å². The highest BCUT2D eigenvalue weighted by molar-refractivity contribution is 7.99. The van der Waals surface area contributed by atoms with Crippen LogP contribution in [0.1, 0.15) is 12.5 Å². The molecule has 0 radical (unpaired) electrons. The van der Waals surface area contributed by atoms with Crippen LogP contribution in [0.5, 0.6) is 0 Å². The van der Waals surface area contributed by atoms with Gasteiger partial charge in [0.2, 0.25) is 5.91 Å². The van der Waals surface area contributed by atoms with E-state index in [2.05, 4.69) is 34.4 Å². The van der Waals surface area contributed by atoms with E-state index in [1.54, 1.807) is 6.33 Å². The maximum Gasteiger partial charge on any atom is 0.231 e. The number of aromatic nitrogens is 3. The molecule has 1 aromatic heterocycles. The van der Waals surface area contributed by atoms with Crippen molar-refractivity contribution in [3.05, 3.63) is 36.2 Å². The minimum Gasteiger partial charge on any atom is -0.344 e. The molecule has 1 aromatic carbocycles. The lowest BCUT2D eigenvalue weighted by Gasteiger charge is -2.10. The van der Waals surface area contributed by atoms with Crippen LogP contribution in [0.15, 0.2) is 35.7 Å². The largest absolute Gasteiger partial charge is 0.344 e. The fourth-order valence-corrected chi connectivity index (χ4v) is 2.62. The Hall–Kier alpha value is -2.26. The fourth-order valence-electron chi connectivity index (χ4n) is 1.86. The summed E-state index contributed by atoms with van der Waals surface area (Å²) in [5.74, 6) is 2.51. The number of aryl methyl sites for hydroxylation is 1. The van der Waals surface area contributed by atoms with Crippen LogP contribution in [0.4, 0.5) is 0 Å². The number of hydrogen-bond acceptors (Lipinski definition) is 4. The molecular formula is C15H16N4OS. The van der Waals surface area contributed by atoms with Crippen molar-refractivity contribution in [2.75, 3.05) is 12.3 Å². The third-order valence-corrected chi connectivity index (χ3v) is 3.81. The van der Waals surface area contributed by atoms with E-state index in [4.69, 9.17) is 6.42 Å². The quantitative estimate of drug-likeness (QED) is 0.651. The van der Waals surface area contributed by atoms with Crippen molar-refractivity contribution in [2.24, 2.45) is 0 Å². The second-order valence-corrected chi connectivity index (χ2v) is 5.18. The van der Waals surface area contributed by atoms with Gasteiger partial charge in [0.1, 0.15) is 6.33 Å². The maximum absolute atomic E-state index is 11.6. The predicted octanol–water partition coefficient (Wildman–Crippen LogP) is 1.67. The van der Waals surface area contributed by atoms with Crippen molar-refractivity contribution in [1.82, 2.24) is 20.1 Å². The highest BCUT2D eigenvalue weighted by Gasteiger charge is 2.11. The molecule has 0 bridgehead atoms. The molecule has 21 heavy (non-hydrogen) atoms. The summed E-state index contributed by atoms with van der Waals surface area (Å²) >= 11 is 1.33. The number of para-hydroxylation sites is 1. The molecule has 1 amide bonds. The Balaban J connectivity index is 2.12. The molecule has 2 rings (SSSR count). The van der Waals surface area contributed by atoms with Crippen LogP contribution in [0, 0.1) is 12.3 Å². The van der Waals surface area contributed by atoms with Crippen molar-refractivity contribution in [1.29, 1.82) is 0 Å². The van der Waals surface area contributed by atoms with E-state index in [9.17, 15) is 4.79 Å². The van der Waals surface area contributed by atoms with E-state index in [-0.39, 0.29) is 18.2 Å². The maximum atomic E-state index is 11.6. The van der Waals surface area contributed by atoms with Gasteiger partial charge < -0.3 is 5.32 Å². The molecule has 0 aliphatic carbocycles. The molecule has 108 valence electrons. The first-order valence-electron chi connectivity index (χ1n) is 6.57. The number of carbonyl (C=O) groups is 1. The number of terminal acetylenes is 1. The highest BCUT2D eigenvalue weighted by Crippen LogP contribution is 2.22. The van der Waals surface area contributed by atoms with Crippen LogP contribution in [0.25, 0.3) is 5.69 Å². The smallest absolute Gasteiger partial charge is 0.231 e. The molecule has 0 aliphatic rings. The summed E-state index contributed by atoms with van der Waals surface area (Å²) in [6.45, 7) is 2.34. The Morgan fingerprint density at radius 1 is 1.48 bits per heavy atom. The molecule has 2 aromatic rings. The van der Waals surface area contributed by atoms with E-state index < -0.39 is 0 Å². The van der Waals surface area contributed by atoms with E-state index in [1.165, 1.54) is 17.3 Å². The van der Waals surface area contributed by atoms with Crippen molar-refractivity contribution in [3.63, 3.8) is 0 Å². The molecule has 1 N–H and O–H groups in total. The number of amides is 1. The lowest BCUT2D eigenvalue weighted by Crippen LogP contribution is -2.25. The van der Waals surface area contributed by atoms with Gasteiger partial charge in [-0.2, -0.15) is 0 Å². The Morgan fingerprint density at radius 3 is 3.05 bits per heavy atom. The van der Waals surface area contributed by atoms with Gasteiger partial charge in [0.15, 0.2) is 5.16 Å². The second-order valence-electron chi connectivity index (χ2n) is 4.24. The third-order valence-electron chi connectivity index (χ3n) is 2.87. The van der Waals surface area contributed by atoms with E-state index >= 15 is 0 Å². The number of thioether (sulfide) groups is 1. The van der Waals surface area contributed by atoms with Gasteiger partial charge >= 0.3 is 0 Å². The van der Waals surface area contributed by atoms with Crippen LogP contribution in [0.3, 0.4) is 0 Å². The lowest BCUT2D eigenvalue weighted by molar-refractivity contribution is -0.118. The van der Waals surface area contributed by atoms with Gasteiger partial charge in [-0.05, 0) is 18.1 Å². The standard InChI is InChI=1S/C15H16N4OS/c1-3-9-16-14(20)10-21-15-18-17-11-19(15)13-8-6-5-7-12(13)4-2/h1,5-8,11H,4,9-10H2,2H3,(H,16,20). The predicted molar refractivity (Wildman–Crippen MR) is 83.3 cm³/mol. The zero-order valence-corrected chi connectivity index (χ0v) is 12.6. The van der Waals surface area contributed by atoms with Crippen LogP contribution in [-0.4, -0.2) is 33.0 Å². The van der Waals surface area contributed by atoms with Crippen LogP contribution < -0.4 is 5.32 Å². The minimum atomic E-state index is -0.115. The average molecular weight is 300 g/mol. The molecule has 0 fully saturated rings. The van der Waals surface area contributed by atoms with Gasteiger partial charge in [0.05, 0.1) is 18.0 Å². The van der Waals surface area contributed by atoms with Gasteiger partial charge in [-0.1, -0.05) is 42.8 Å². The first-order chi connectivity index (χ1) is 10.3. The highest BCUT2D eigenvalue weighted by atomic mass is 32.2. The molecule has 0 unspecified atom stereocenters. The number of rotatable bonds is 6. The summed E-state index contributed by atoms with van der Waals surface area (Å²) in [6, 6.07) is 8.07. The van der Waals surface area contributed by atoms with E-state index in [1.807, 2.05) is 22.8 Å². The molecule has 6 heteroatoms. The molecular weight excluding hydrogens is 284 g/mol. The Bertz CT molecular complexity index is 660. The van der Waals surface area contributed by atoms with E-state index in [0.29, 0.717) is 5.16 Å². The number of nitrogens with zero attached hydrogens (tertiary/aromatic N) is 3. The third kappa shape index (κ3) is 3.86. The van der Waals surface area contributed by atoms with Crippen LogP contribution >= 0.6 is 11.8 Å². The van der Waals surface area contributed by atoms with Crippen molar-refractivity contribution >= 4 is 17.7 Å². The topological polar surface area (TPSA) is 59.8 Å².